The molecule has 3 heteroatoms. The van der Waals surface area contributed by atoms with Gasteiger partial charge in [0.15, 0.2) is 0 Å². The molecule has 3 aromatic carbocycles. The molecule has 28 heavy (non-hydrogen) atoms. The van der Waals surface area contributed by atoms with Gasteiger partial charge < -0.3 is 10.6 Å². The Kier molecular flexibility index (Phi) is 6.96. The summed E-state index contributed by atoms with van der Waals surface area (Å²) < 4.78 is 13.5. The summed E-state index contributed by atoms with van der Waals surface area (Å²) in [5, 5.41) is 7.45. The Morgan fingerprint density at radius 1 is 0.571 bits per heavy atom. The van der Waals surface area contributed by atoms with Gasteiger partial charge in [-0.1, -0.05) is 72.8 Å². The van der Waals surface area contributed by atoms with E-state index in [-0.39, 0.29) is 30.0 Å². The summed E-state index contributed by atoms with van der Waals surface area (Å²) in [5.74, 6) is -0.211. The first kappa shape index (κ1) is 20.2. The first-order valence-corrected chi connectivity index (χ1v) is 9.92. The molecule has 0 bridgehead atoms. The summed E-state index contributed by atoms with van der Waals surface area (Å²) >= 11 is 0. The predicted octanol–water partition coefficient (Wildman–Crippen LogP) is 5.96. The van der Waals surface area contributed by atoms with Gasteiger partial charge in [0, 0.05) is 24.2 Å². The van der Waals surface area contributed by atoms with Crippen LogP contribution in [0.5, 0.6) is 0 Å². The van der Waals surface area contributed by atoms with E-state index in [1.807, 2.05) is 24.3 Å². The molecule has 0 amide bonds. The quantitative estimate of drug-likeness (QED) is 0.507. The van der Waals surface area contributed by atoms with E-state index in [1.54, 1.807) is 0 Å². The molecular formula is C25H29FN2. The third kappa shape index (κ3) is 5.28. The Labute approximate surface area is 167 Å². The molecule has 0 radical (unpaired) electrons. The Morgan fingerprint density at radius 3 is 1.54 bits per heavy atom. The van der Waals surface area contributed by atoms with Crippen molar-refractivity contribution in [1.82, 2.24) is 10.6 Å². The van der Waals surface area contributed by atoms with Crippen LogP contribution >= 0.6 is 0 Å². The second-order valence-corrected chi connectivity index (χ2v) is 7.42. The number of rotatable bonds is 8. The molecule has 146 valence electrons. The van der Waals surface area contributed by atoms with Crippen molar-refractivity contribution in [2.45, 2.75) is 44.9 Å². The van der Waals surface area contributed by atoms with Crippen LogP contribution < -0.4 is 10.6 Å². The lowest BCUT2D eigenvalue weighted by molar-refractivity contribution is 0.344. The maximum atomic E-state index is 13.5. The van der Waals surface area contributed by atoms with E-state index in [0.29, 0.717) is 0 Å². The predicted molar refractivity (Wildman–Crippen MR) is 115 cm³/mol. The van der Waals surface area contributed by atoms with E-state index < -0.39 is 0 Å². The van der Waals surface area contributed by atoms with E-state index in [9.17, 15) is 4.39 Å². The van der Waals surface area contributed by atoms with Crippen LogP contribution in [-0.4, -0.2) is 6.04 Å². The van der Waals surface area contributed by atoms with Crippen LogP contribution in [0.4, 0.5) is 4.39 Å². The third-order valence-corrected chi connectivity index (χ3v) is 5.27. The van der Waals surface area contributed by atoms with Gasteiger partial charge in [-0.2, -0.15) is 0 Å². The van der Waals surface area contributed by atoms with Crippen molar-refractivity contribution in [2.24, 2.45) is 0 Å². The fourth-order valence-electron chi connectivity index (χ4n) is 3.64. The molecule has 4 atom stereocenters. The minimum Gasteiger partial charge on any atom is -0.306 e. The number of benzene rings is 3. The van der Waals surface area contributed by atoms with Gasteiger partial charge in [0.25, 0.3) is 0 Å². The zero-order valence-corrected chi connectivity index (χ0v) is 16.8. The minimum atomic E-state index is -0.211. The molecule has 2 nitrogen and oxygen atoms in total. The molecule has 3 rings (SSSR count). The summed E-state index contributed by atoms with van der Waals surface area (Å²) in [6.07, 6.45) is 0. The van der Waals surface area contributed by atoms with Gasteiger partial charge in [-0.15, -0.1) is 0 Å². The Bertz CT molecular complexity index is 833. The second-order valence-electron chi connectivity index (χ2n) is 7.42. The van der Waals surface area contributed by atoms with E-state index in [4.69, 9.17) is 0 Å². The van der Waals surface area contributed by atoms with E-state index in [2.05, 4.69) is 79.9 Å². The lowest BCUT2D eigenvalue weighted by Gasteiger charge is -2.32. The maximum Gasteiger partial charge on any atom is 0.123 e. The molecule has 0 saturated carbocycles. The highest BCUT2D eigenvalue weighted by molar-refractivity contribution is 5.25. The average Bonchev–Trinajstić information content (AvgIpc) is 2.73. The fraction of sp³-hybridized carbons (Fsp3) is 0.280. The fourth-order valence-corrected chi connectivity index (χ4v) is 3.64. The molecule has 3 aromatic rings. The zero-order chi connectivity index (χ0) is 19.9. The molecule has 0 aliphatic rings. The van der Waals surface area contributed by atoms with Crippen molar-refractivity contribution in [1.29, 1.82) is 0 Å². The molecule has 0 heterocycles. The van der Waals surface area contributed by atoms with Gasteiger partial charge in [-0.05, 0) is 49.6 Å². The molecule has 0 aliphatic carbocycles. The molecule has 0 saturated heterocycles. The minimum absolute atomic E-state index is 0.0435. The highest BCUT2D eigenvalue weighted by Gasteiger charge is 2.23. The van der Waals surface area contributed by atoms with Gasteiger partial charge in [0.05, 0.1) is 0 Å². The largest absolute Gasteiger partial charge is 0.306 e. The molecule has 2 N–H and O–H groups in total. The summed E-state index contributed by atoms with van der Waals surface area (Å²) in [6.45, 7) is 6.52. The number of hydrogen-bond donors (Lipinski definition) is 2. The topological polar surface area (TPSA) is 24.1 Å². The second kappa shape index (κ2) is 9.63. The molecular weight excluding hydrogens is 347 g/mol. The summed E-state index contributed by atoms with van der Waals surface area (Å²) in [5.41, 5.74) is 3.56. The Hall–Kier alpha value is -2.49. The van der Waals surface area contributed by atoms with Crippen LogP contribution in [0.1, 0.15) is 55.6 Å². The molecule has 4 unspecified atom stereocenters. The van der Waals surface area contributed by atoms with Crippen LogP contribution in [0.25, 0.3) is 0 Å². The van der Waals surface area contributed by atoms with Gasteiger partial charge in [0.2, 0.25) is 0 Å². The first-order chi connectivity index (χ1) is 13.5. The summed E-state index contributed by atoms with van der Waals surface area (Å²) in [7, 11) is 0. The van der Waals surface area contributed by atoms with E-state index in [0.717, 1.165) is 5.56 Å². The molecule has 0 aliphatic heterocycles. The zero-order valence-electron chi connectivity index (χ0n) is 16.8. The van der Waals surface area contributed by atoms with Crippen molar-refractivity contribution in [3.05, 3.63) is 107 Å². The SMILES string of the molecule is CC(NC(C)C(NC(C)c1ccccc1)c1ccc(F)cc1)c1ccccc1. The summed E-state index contributed by atoms with van der Waals surface area (Å²) in [6, 6.07) is 28.2. The van der Waals surface area contributed by atoms with Crippen LogP contribution in [0.2, 0.25) is 0 Å². The van der Waals surface area contributed by atoms with Crippen molar-refractivity contribution in [3.63, 3.8) is 0 Å². The highest BCUT2D eigenvalue weighted by atomic mass is 19.1. The van der Waals surface area contributed by atoms with Gasteiger partial charge in [-0.3, -0.25) is 0 Å². The standard InChI is InChI=1S/C25H29FN2/c1-18(21-10-6-4-7-11-21)27-20(3)25(23-14-16-24(26)17-15-23)28-19(2)22-12-8-5-9-13-22/h4-20,25,27-28H,1-3H3. The van der Waals surface area contributed by atoms with Crippen molar-refractivity contribution >= 4 is 0 Å². The highest BCUT2D eigenvalue weighted by Crippen LogP contribution is 2.25. The van der Waals surface area contributed by atoms with Crippen molar-refractivity contribution < 1.29 is 4.39 Å². The molecule has 0 fully saturated rings. The average molecular weight is 377 g/mol. The lowest BCUT2D eigenvalue weighted by Crippen LogP contribution is -2.41. The monoisotopic (exact) mass is 376 g/mol. The van der Waals surface area contributed by atoms with Crippen molar-refractivity contribution in [2.75, 3.05) is 0 Å². The van der Waals surface area contributed by atoms with E-state index >= 15 is 0 Å². The third-order valence-electron chi connectivity index (χ3n) is 5.27. The molecule has 0 aromatic heterocycles. The first-order valence-electron chi connectivity index (χ1n) is 9.92. The van der Waals surface area contributed by atoms with E-state index in [1.165, 1.54) is 23.3 Å². The normalized spacial score (nSPS) is 15.6. The van der Waals surface area contributed by atoms with Crippen LogP contribution in [0.15, 0.2) is 84.9 Å². The Morgan fingerprint density at radius 2 is 1.04 bits per heavy atom. The number of halogens is 1. The Balaban J connectivity index is 1.80. The number of hydrogen-bond acceptors (Lipinski definition) is 2. The molecule has 0 spiro atoms. The smallest absolute Gasteiger partial charge is 0.123 e. The summed E-state index contributed by atoms with van der Waals surface area (Å²) in [4.78, 5) is 0. The van der Waals surface area contributed by atoms with Gasteiger partial charge in [0.1, 0.15) is 5.82 Å². The maximum absolute atomic E-state index is 13.5. The van der Waals surface area contributed by atoms with Crippen LogP contribution in [0, 0.1) is 5.82 Å². The van der Waals surface area contributed by atoms with Crippen LogP contribution in [-0.2, 0) is 0 Å². The lowest BCUT2D eigenvalue weighted by atomic mass is 9.96. The van der Waals surface area contributed by atoms with Crippen LogP contribution in [0.3, 0.4) is 0 Å². The number of nitrogens with one attached hydrogen (secondary N) is 2. The van der Waals surface area contributed by atoms with Gasteiger partial charge >= 0.3 is 0 Å². The van der Waals surface area contributed by atoms with Gasteiger partial charge in [-0.25, -0.2) is 4.39 Å². The van der Waals surface area contributed by atoms with Crippen molar-refractivity contribution in [3.8, 4) is 0 Å².